The second-order valence-electron chi connectivity index (χ2n) is 7.24. The van der Waals surface area contributed by atoms with E-state index in [9.17, 15) is 18.0 Å². The van der Waals surface area contributed by atoms with Gasteiger partial charge < -0.3 is 19.7 Å². The van der Waals surface area contributed by atoms with Crippen LogP contribution in [-0.2, 0) is 9.53 Å². The van der Waals surface area contributed by atoms with Crippen molar-refractivity contribution >= 4 is 35.9 Å². The number of ether oxygens (including phenoxy) is 2. The summed E-state index contributed by atoms with van der Waals surface area (Å²) in [5.41, 5.74) is 0.523. The molecule has 10 heteroatoms. The van der Waals surface area contributed by atoms with Crippen LogP contribution < -0.4 is 10.1 Å². The zero-order valence-corrected chi connectivity index (χ0v) is 18.7. The molecule has 1 N–H and O–H groups in total. The van der Waals surface area contributed by atoms with Gasteiger partial charge in [-0.2, -0.15) is 0 Å². The molecule has 1 saturated heterocycles. The number of para-hydroxylation sites is 1. The van der Waals surface area contributed by atoms with Crippen LogP contribution in [0.3, 0.4) is 0 Å². The van der Waals surface area contributed by atoms with Crippen LogP contribution in [0.5, 0.6) is 5.75 Å². The predicted molar refractivity (Wildman–Crippen MR) is 112 cm³/mol. The Bertz CT molecular complexity index is 760. The highest BCUT2D eigenvalue weighted by atomic mass is 127. The summed E-state index contributed by atoms with van der Waals surface area (Å²) >= 11 is 0. The smallest absolute Gasteiger partial charge is 0.469 e. The Kier molecular flexibility index (Phi) is 7.63. The van der Waals surface area contributed by atoms with E-state index in [1.807, 2.05) is 11.8 Å². The lowest BCUT2D eigenvalue weighted by Crippen LogP contribution is -2.42. The monoisotopic (exact) mass is 527 g/mol. The van der Waals surface area contributed by atoms with Gasteiger partial charge in [0.2, 0.25) is 0 Å². The van der Waals surface area contributed by atoms with Crippen LogP contribution in [0, 0.1) is 11.8 Å². The molecule has 1 aromatic carbocycles. The van der Waals surface area contributed by atoms with Crippen LogP contribution in [0.1, 0.15) is 24.8 Å². The van der Waals surface area contributed by atoms with Crippen molar-refractivity contribution in [2.75, 3.05) is 27.2 Å². The first-order chi connectivity index (χ1) is 13.2. The summed E-state index contributed by atoms with van der Waals surface area (Å²) < 4.78 is 46.9. The summed E-state index contributed by atoms with van der Waals surface area (Å²) in [4.78, 5) is 18.2. The lowest BCUT2D eigenvalue weighted by atomic mass is 9.99. The molecular formula is C19H25F3IN3O3. The second-order valence-corrected chi connectivity index (χ2v) is 7.24. The molecule has 1 saturated carbocycles. The van der Waals surface area contributed by atoms with Gasteiger partial charge in [-0.15, -0.1) is 37.1 Å². The fraction of sp³-hybridized carbons (Fsp3) is 0.579. The average Bonchev–Trinajstić information content (AvgIpc) is 3.30. The van der Waals surface area contributed by atoms with Crippen molar-refractivity contribution in [3.05, 3.63) is 29.8 Å². The number of hydrogen-bond donors (Lipinski definition) is 1. The molecule has 1 heterocycles. The third-order valence-corrected chi connectivity index (χ3v) is 5.28. The van der Waals surface area contributed by atoms with Crippen molar-refractivity contribution in [2.45, 2.75) is 31.7 Å². The van der Waals surface area contributed by atoms with Gasteiger partial charge in [0.05, 0.1) is 13.0 Å². The number of nitrogens with zero attached hydrogens (tertiary/aromatic N) is 2. The van der Waals surface area contributed by atoms with Gasteiger partial charge in [-0.25, -0.2) is 0 Å². The fourth-order valence-electron chi connectivity index (χ4n) is 3.76. The quantitative estimate of drug-likeness (QED) is 0.282. The number of halogens is 4. The van der Waals surface area contributed by atoms with Crippen LogP contribution in [0.2, 0.25) is 0 Å². The number of methoxy groups -OCH3 is 1. The molecule has 2 aliphatic rings. The molecule has 4 unspecified atom stereocenters. The summed E-state index contributed by atoms with van der Waals surface area (Å²) in [5.74, 6) is 0.0425. The van der Waals surface area contributed by atoms with E-state index in [4.69, 9.17) is 4.74 Å². The van der Waals surface area contributed by atoms with Crippen molar-refractivity contribution in [3.8, 4) is 5.75 Å². The van der Waals surface area contributed by atoms with Gasteiger partial charge in [-0.3, -0.25) is 9.79 Å². The Labute approximate surface area is 184 Å². The van der Waals surface area contributed by atoms with Crippen molar-refractivity contribution in [1.82, 2.24) is 10.2 Å². The number of benzene rings is 1. The Balaban J connectivity index is 0.00000300. The van der Waals surface area contributed by atoms with E-state index in [0.29, 0.717) is 31.0 Å². The number of nitrogens with one attached hydrogen (secondary N) is 1. The molecule has 0 amide bonds. The van der Waals surface area contributed by atoms with Gasteiger partial charge in [0.1, 0.15) is 5.75 Å². The van der Waals surface area contributed by atoms with Gasteiger partial charge in [0, 0.05) is 32.1 Å². The number of alkyl halides is 3. The minimum atomic E-state index is -4.72. The van der Waals surface area contributed by atoms with E-state index in [0.717, 1.165) is 0 Å². The molecule has 3 rings (SSSR count). The molecule has 162 valence electrons. The van der Waals surface area contributed by atoms with Crippen LogP contribution >= 0.6 is 24.0 Å². The summed E-state index contributed by atoms with van der Waals surface area (Å²) in [5, 5.41) is 3.31. The summed E-state index contributed by atoms with van der Waals surface area (Å²) in [6, 6.07) is 6.17. The van der Waals surface area contributed by atoms with Crippen LogP contribution in [0.15, 0.2) is 29.3 Å². The first kappa shape index (κ1) is 23.6. The normalized spacial score (nSPS) is 26.6. The van der Waals surface area contributed by atoms with Gasteiger partial charge in [-0.05, 0) is 24.0 Å². The molecule has 1 aliphatic carbocycles. The SMILES string of the molecule is CN=C(NC1CC1c1ccccc1OC(F)(F)F)N1CC(C)C(C(=O)OC)C1.I. The van der Waals surface area contributed by atoms with E-state index in [2.05, 4.69) is 15.0 Å². The molecule has 1 aliphatic heterocycles. The molecular weight excluding hydrogens is 502 g/mol. The Morgan fingerprint density at radius 3 is 2.59 bits per heavy atom. The standard InChI is InChI=1S/C19H24F3N3O3.HI/c1-11-9-25(10-14(11)17(26)27-3)18(23-2)24-15-8-13(15)12-6-4-5-7-16(12)28-19(20,21)22;/h4-7,11,13-15H,8-10H2,1-3H3,(H,23,24);1H. The minimum Gasteiger partial charge on any atom is -0.469 e. The van der Waals surface area contributed by atoms with Crippen molar-refractivity contribution < 1.29 is 27.4 Å². The van der Waals surface area contributed by atoms with E-state index in [1.54, 1.807) is 19.2 Å². The number of aliphatic imine (C=N–C) groups is 1. The van der Waals surface area contributed by atoms with Crippen LogP contribution in [0.25, 0.3) is 0 Å². The summed E-state index contributed by atoms with van der Waals surface area (Å²) in [6.07, 6.45) is -4.04. The van der Waals surface area contributed by atoms with E-state index >= 15 is 0 Å². The topological polar surface area (TPSA) is 63.2 Å². The first-order valence-corrected chi connectivity index (χ1v) is 9.14. The molecule has 0 radical (unpaired) electrons. The molecule has 0 spiro atoms. The van der Waals surface area contributed by atoms with Crippen LogP contribution in [-0.4, -0.2) is 56.5 Å². The van der Waals surface area contributed by atoms with E-state index in [-0.39, 0.29) is 59.5 Å². The maximum Gasteiger partial charge on any atom is 0.573 e. The van der Waals surface area contributed by atoms with Crippen molar-refractivity contribution in [2.24, 2.45) is 16.8 Å². The molecule has 29 heavy (non-hydrogen) atoms. The van der Waals surface area contributed by atoms with Crippen molar-refractivity contribution in [3.63, 3.8) is 0 Å². The molecule has 1 aromatic rings. The van der Waals surface area contributed by atoms with Gasteiger partial charge in [-0.1, -0.05) is 25.1 Å². The lowest BCUT2D eigenvalue weighted by molar-refractivity contribution is -0.274. The predicted octanol–water partition coefficient (Wildman–Crippen LogP) is 3.38. The largest absolute Gasteiger partial charge is 0.573 e. The maximum absolute atomic E-state index is 12.6. The maximum atomic E-state index is 12.6. The third-order valence-electron chi connectivity index (χ3n) is 5.28. The van der Waals surface area contributed by atoms with Gasteiger partial charge in [0.15, 0.2) is 5.96 Å². The molecule has 2 fully saturated rings. The molecule has 0 aromatic heterocycles. The first-order valence-electron chi connectivity index (χ1n) is 9.14. The van der Waals surface area contributed by atoms with E-state index < -0.39 is 6.36 Å². The zero-order valence-electron chi connectivity index (χ0n) is 16.4. The number of rotatable bonds is 4. The average molecular weight is 527 g/mol. The lowest BCUT2D eigenvalue weighted by Gasteiger charge is -2.22. The van der Waals surface area contributed by atoms with E-state index in [1.165, 1.54) is 19.2 Å². The number of hydrogen-bond acceptors (Lipinski definition) is 4. The summed E-state index contributed by atoms with van der Waals surface area (Å²) in [6.45, 7) is 3.14. The molecule has 4 atom stereocenters. The Morgan fingerprint density at radius 1 is 1.28 bits per heavy atom. The van der Waals surface area contributed by atoms with Gasteiger partial charge >= 0.3 is 12.3 Å². The second kappa shape index (κ2) is 9.40. The van der Waals surface area contributed by atoms with Crippen LogP contribution in [0.4, 0.5) is 13.2 Å². The summed E-state index contributed by atoms with van der Waals surface area (Å²) in [7, 11) is 3.02. The number of likely N-dealkylation sites (tertiary alicyclic amines) is 1. The van der Waals surface area contributed by atoms with Gasteiger partial charge in [0.25, 0.3) is 0 Å². The minimum absolute atomic E-state index is 0. The number of carbonyl (C=O) groups excluding carboxylic acids is 1. The third kappa shape index (κ3) is 5.67. The molecule has 6 nitrogen and oxygen atoms in total. The zero-order chi connectivity index (χ0) is 20.5. The number of carbonyl (C=O) groups is 1. The number of esters is 1. The Hall–Kier alpha value is -1.72. The fourth-order valence-corrected chi connectivity index (χ4v) is 3.76. The Morgan fingerprint density at radius 2 is 1.97 bits per heavy atom. The highest BCUT2D eigenvalue weighted by molar-refractivity contribution is 14.0. The highest BCUT2D eigenvalue weighted by Crippen LogP contribution is 2.45. The highest BCUT2D eigenvalue weighted by Gasteiger charge is 2.44. The van der Waals surface area contributed by atoms with Crippen molar-refractivity contribution in [1.29, 1.82) is 0 Å². The molecule has 0 bridgehead atoms. The number of guanidine groups is 1.